The summed E-state index contributed by atoms with van der Waals surface area (Å²) in [5, 5.41) is 10.2. The van der Waals surface area contributed by atoms with Crippen LogP contribution in [0.2, 0.25) is 0 Å². The quantitative estimate of drug-likeness (QED) is 0.240. The standard InChI is InChI=1S/C28H31N9O3S/c1-36(2)17-21-6-3-18(12-30-21)13-31-24-11-26(32-15-23(24)27(38)19-4-5-19)34-25-9-10-29-28(35-25)20-14-33-37(16-20)41(39,40)22-7-8-22/h3,6,9-12,14-16,19,22H,4-5,7-8,13,17H2,1-2H3,(H2,29,31,32,34,35). The van der Waals surface area contributed by atoms with E-state index >= 15 is 0 Å². The van der Waals surface area contributed by atoms with Gasteiger partial charge in [-0.3, -0.25) is 9.78 Å². The van der Waals surface area contributed by atoms with E-state index in [1.54, 1.807) is 24.5 Å². The van der Waals surface area contributed by atoms with Crippen molar-refractivity contribution >= 4 is 33.1 Å². The van der Waals surface area contributed by atoms with Gasteiger partial charge in [0.15, 0.2) is 11.6 Å². The van der Waals surface area contributed by atoms with Crippen LogP contribution in [0, 0.1) is 5.92 Å². The molecular formula is C28H31N9O3S. The highest BCUT2D eigenvalue weighted by Crippen LogP contribution is 2.35. The molecular weight excluding hydrogens is 542 g/mol. The molecule has 12 nitrogen and oxygen atoms in total. The molecule has 4 heterocycles. The van der Waals surface area contributed by atoms with E-state index in [2.05, 4.69) is 40.6 Å². The van der Waals surface area contributed by atoms with Crippen molar-refractivity contribution in [3.63, 3.8) is 0 Å². The van der Waals surface area contributed by atoms with E-state index in [-0.39, 0.29) is 17.0 Å². The number of Topliss-reactive ketones (excluding diaryl/α,β-unsaturated/α-hetero) is 1. The van der Waals surface area contributed by atoms with Gasteiger partial charge in [-0.15, -0.1) is 0 Å². The van der Waals surface area contributed by atoms with Crippen LogP contribution in [0.3, 0.4) is 0 Å². The lowest BCUT2D eigenvalue weighted by molar-refractivity contribution is 0.0968. The molecule has 0 aliphatic heterocycles. The molecule has 2 fully saturated rings. The first-order valence-electron chi connectivity index (χ1n) is 13.5. The summed E-state index contributed by atoms with van der Waals surface area (Å²) in [7, 11) is 0.528. The Morgan fingerprint density at radius 2 is 1.85 bits per heavy atom. The van der Waals surface area contributed by atoms with Gasteiger partial charge in [0.05, 0.1) is 40.2 Å². The maximum atomic E-state index is 13.0. The minimum Gasteiger partial charge on any atom is -0.380 e. The molecule has 0 spiro atoms. The van der Waals surface area contributed by atoms with Gasteiger partial charge >= 0.3 is 0 Å². The van der Waals surface area contributed by atoms with Gasteiger partial charge in [0.1, 0.15) is 11.6 Å². The van der Waals surface area contributed by atoms with Crippen molar-refractivity contribution in [1.82, 2.24) is 34.0 Å². The van der Waals surface area contributed by atoms with Gasteiger partial charge in [0.25, 0.3) is 10.0 Å². The second kappa shape index (κ2) is 11.0. The SMILES string of the molecule is CN(C)Cc1ccc(CNc2cc(Nc3ccnc(-c4cnn(S(=O)(=O)C5CC5)c4)n3)ncc2C(=O)C2CC2)cn1. The van der Waals surface area contributed by atoms with Crippen molar-refractivity contribution in [1.29, 1.82) is 0 Å². The number of hydrogen-bond donors (Lipinski definition) is 2. The maximum Gasteiger partial charge on any atom is 0.256 e. The Morgan fingerprint density at radius 1 is 1.02 bits per heavy atom. The van der Waals surface area contributed by atoms with E-state index in [4.69, 9.17) is 0 Å². The van der Waals surface area contributed by atoms with Crippen molar-refractivity contribution in [2.45, 2.75) is 44.0 Å². The molecule has 4 aromatic heterocycles. The normalized spacial score (nSPS) is 15.2. The van der Waals surface area contributed by atoms with E-state index in [1.807, 2.05) is 32.4 Å². The zero-order valence-electron chi connectivity index (χ0n) is 22.9. The minimum atomic E-state index is -3.48. The molecule has 4 aromatic rings. The number of anilines is 3. The number of nitrogens with one attached hydrogen (secondary N) is 2. The van der Waals surface area contributed by atoms with Crippen LogP contribution in [0.4, 0.5) is 17.3 Å². The number of pyridine rings is 2. The van der Waals surface area contributed by atoms with E-state index in [0.29, 0.717) is 53.7 Å². The molecule has 2 aliphatic carbocycles. The molecule has 212 valence electrons. The number of ketones is 1. The second-order valence-corrected chi connectivity index (χ2v) is 12.8. The van der Waals surface area contributed by atoms with Crippen LogP contribution in [0.25, 0.3) is 11.4 Å². The van der Waals surface area contributed by atoms with Gasteiger partial charge in [0, 0.05) is 43.7 Å². The topological polar surface area (TPSA) is 148 Å². The van der Waals surface area contributed by atoms with E-state index < -0.39 is 10.0 Å². The first kappa shape index (κ1) is 27.0. The molecule has 0 atom stereocenters. The summed E-state index contributed by atoms with van der Waals surface area (Å²) in [6, 6.07) is 7.52. The van der Waals surface area contributed by atoms with Crippen LogP contribution in [0.5, 0.6) is 0 Å². The molecule has 2 aliphatic rings. The maximum absolute atomic E-state index is 13.0. The van der Waals surface area contributed by atoms with Gasteiger partial charge in [0.2, 0.25) is 0 Å². The highest BCUT2D eigenvalue weighted by Gasteiger charge is 2.37. The predicted octanol–water partition coefficient (Wildman–Crippen LogP) is 3.48. The third-order valence-electron chi connectivity index (χ3n) is 6.90. The minimum absolute atomic E-state index is 0.0530. The summed E-state index contributed by atoms with van der Waals surface area (Å²) in [6.07, 6.45) is 11.0. The van der Waals surface area contributed by atoms with Gasteiger partial charge < -0.3 is 15.5 Å². The molecule has 6 rings (SSSR count). The Kier molecular flexibility index (Phi) is 7.22. The van der Waals surface area contributed by atoms with Gasteiger partial charge in [-0.25, -0.2) is 23.4 Å². The van der Waals surface area contributed by atoms with Crippen LogP contribution in [-0.4, -0.2) is 67.6 Å². The van der Waals surface area contributed by atoms with Crippen molar-refractivity contribution in [2.24, 2.45) is 5.92 Å². The van der Waals surface area contributed by atoms with Crippen LogP contribution in [-0.2, 0) is 23.1 Å². The fraction of sp³-hybridized carbons (Fsp3) is 0.357. The summed E-state index contributed by atoms with van der Waals surface area (Å²) >= 11 is 0. The molecule has 0 aromatic carbocycles. The molecule has 41 heavy (non-hydrogen) atoms. The van der Waals surface area contributed by atoms with E-state index in [1.165, 1.54) is 12.4 Å². The highest BCUT2D eigenvalue weighted by molar-refractivity contribution is 7.90. The summed E-state index contributed by atoms with van der Waals surface area (Å²) in [5.41, 5.74) is 3.71. The number of rotatable bonds is 12. The average molecular weight is 574 g/mol. The van der Waals surface area contributed by atoms with Crippen LogP contribution in [0.1, 0.15) is 47.3 Å². The highest BCUT2D eigenvalue weighted by atomic mass is 32.2. The zero-order chi connectivity index (χ0) is 28.6. The van der Waals surface area contributed by atoms with Gasteiger partial charge in [-0.2, -0.15) is 9.19 Å². The molecule has 2 saturated carbocycles. The van der Waals surface area contributed by atoms with Crippen LogP contribution >= 0.6 is 0 Å². The molecule has 0 bridgehead atoms. The summed E-state index contributed by atoms with van der Waals surface area (Å²) < 4.78 is 26.0. The third kappa shape index (κ3) is 6.25. The predicted molar refractivity (Wildman–Crippen MR) is 154 cm³/mol. The number of carbonyl (C=O) groups is 1. The monoisotopic (exact) mass is 573 g/mol. The Morgan fingerprint density at radius 3 is 2.56 bits per heavy atom. The Bertz CT molecular complexity index is 1680. The number of carbonyl (C=O) groups excluding carboxylic acids is 1. The van der Waals surface area contributed by atoms with Crippen molar-refractivity contribution in [3.8, 4) is 11.4 Å². The number of nitrogens with zero attached hydrogens (tertiary/aromatic N) is 7. The van der Waals surface area contributed by atoms with Crippen LogP contribution < -0.4 is 10.6 Å². The third-order valence-corrected chi connectivity index (χ3v) is 8.94. The lowest BCUT2D eigenvalue weighted by atomic mass is 10.1. The summed E-state index contributed by atoms with van der Waals surface area (Å²) in [4.78, 5) is 32.9. The van der Waals surface area contributed by atoms with Gasteiger partial charge in [-0.1, -0.05) is 6.07 Å². The fourth-order valence-corrected chi connectivity index (χ4v) is 5.86. The average Bonchev–Trinajstić information content (AvgIpc) is 3.90. The Labute approximate surface area is 238 Å². The van der Waals surface area contributed by atoms with Crippen LogP contribution in [0.15, 0.2) is 55.2 Å². The zero-order valence-corrected chi connectivity index (χ0v) is 23.7. The molecule has 0 radical (unpaired) electrons. The first-order valence-corrected chi connectivity index (χ1v) is 15.0. The summed E-state index contributed by atoms with van der Waals surface area (Å²) in [5.74, 6) is 1.44. The van der Waals surface area contributed by atoms with Crippen molar-refractivity contribution in [2.75, 3.05) is 24.7 Å². The van der Waals surface area contributed by atoms with Gasteiger partial charge in [-0.05, 0) is 57.5 Å². The number of aromatic nitrogens is 6. The smallest absolute Gasteiger partial charge is 0.256 e. The number of hydrogen-bond acceptors (Lipinski definition) is 11. The molecule has 13 heteroatoms. The Hall–Kier alpha value is -4.23. The largest absolute Gasteiger partial charge is 0.380 e. The molecule has 0 saturated heterocycles. The Balaban J connectivity index is 1.20. The van der Waals surface area contributed by atoms with Crippen molar-refractivity contribution < 1.29 is 13.2 Å². The van der Waals surface area contributed by atoms with Crippen molar-refractivity contribution in [3.05, 3.63) is 72.1 Å². The lowest BCUT2D eigenvalue weighted by Gasteiger charge is -2.14. The fourth-order valence-electron chi connectivity index (χ4n) is 4.38. The lowest BCUT2D eigenvalue weighted by Crippen LogP contribution is -2.17. The van der Waals surface area contributed by atoms with E-state index in [0.717, 1.165) is 34.7 Å². The molecule has 0 unspecified atom stereocenters. The molecule has 2 N–H and O–H groups in total. The first-order chi connectivity index (χ1) is 19.8. The second-order valence-electron chi connectivity index (χ2n) is 10.7. The van der Waals surface area contributed by atoms with E-state index in [9.17, 15) is 13.2 Å². The summed E-state index contributed by atoms with van der Waals surface area (Å²) in [6.45, 7) is 1.26. The molecule has 0 amide bonds.